The summed E-state index contributed by atoms with van der Waals surface area (Å²) in [4.78, 5) is 0. The Hall–Kier alpha value is -1.04. The lowest BCUT2D eigenvalue weighted by molar-refractivity contribution is 0.0818. The van der Waals surface area contributed by atoms with Crippen molar-refractivity contribution in [2.24, 2.45) is 5.84 Å². The Kier molecular flexibility index (Phi) is 4.14. The third-order valence-electron chi connectivity index (χ3n) is 2.32. The van der Waals surface area contributed by atoms with Gasteiger partial charge in [-0.25, -0.2) is 8.78 Å². The van der Waals surface area contributed by atoms with E-state index in [9.17, 15) is 8.78 Å². The average molecular weight is 216 g/mol. The molecule has 2 atom stereocenters. The van der Waals surface area contributed by atoms with Gasteiger partial charge in [0.1, 0.15) is 11.6 Å². The molecule has 0 aliphatic heterocycles. The fraction of sp³-hybridized carbons (Fsp3) is 0.400. The van der Waals surface area contributed by atoms with Gasteiger partial charge in [0, 0.05) is 18.7 Å². The molecule has 1 rings (SSSR count). The number of ether oxygens (including phenoxy) is 1. The minimum Gasteiger partial charge on any atom is -0.380 e. The third-order valence-corrected chi connectivity index (χ3v) is 2.32. The summed E-state index contributed by atoms with van der Waals surface area (Å²) in [6.45, 7) is 1.74. The molecule has 0 radical (unpaired) electrons. The zero-order chi connectivity index (χ0) is 11.4. The van der Waals surface area contributed by atoms with Gasteiger partial charge in [-0.15, -0.1) is 0 Å². The van der Waals surface area contributed by atoms with E-state index in [1.807, 2.05) is 0 Å². The predicted molar refractivity (Wildman–Crippen MR) is 52.9 cm³/mol. The molecule has 0 spiro atoms. The van der Waals surface area contributed by atoms with Crippen molar-refractivity contribution < 1.29 is 13.5 Å². The van der Waals surface area contributed by atoms with Gasteiger partial charge < -0.3 is 4.74 Å². The lowest BCUT2D eigenvalue weighted by Gasteiger charge is -2.22. The first-order chi connectivity index (χ1) is 7.10. The summed E-state index contributed by atoms with van der Waals surface area (Å²) in [5.74, 6) is 4.05. The summed E-state index contributed by atoms with van der Waals surface area (Å²) < 4.78 is 31.1. The van der Waals surface area contributed by atoms with E-state index >= 15 is 0 Å². The standard InChI is InChI=1S/C10H14F2N2O/c1-6(15-2)10(14-13)8-4-3-7(11)5-9(8)12/h3-6,10,14H,13H2,1-2H3. The molecule has 0 bridgehead atoms. The molecule has 15 heavy (non-hydrogen) atoms. The van der Waals surface area contributed by atoms with E-state index in [0.717, 1.165) is 6.07 Å². The Balaban J connectivity index is 3.01. The van der Waals surface area contributed by atoms with Crippen LogP contribution in [0.1, 0.15) is 18.5 Å². The average Bonchev–Trinajstić information content (AvgIpc) is 2.21. The van der Waals surface area contributed by atoms with E-state index in [4.69, 9.17) is 10.6 Å². The highest BCUT2D eigenvalue weighted by Gasteiger charge is 2.21. The smallest absolute Gasteiger partial charge is 0.131 e. The van der Waals surface area contributed by atoms with Crippen molar-refractivity contribution >= 4 is 0 Å². The summed E-state index contributed by atoms with van der Waals surface area (Å²) in [5.41, 5.74) is 2.73. The second-order valence-corrected chi connectivity index (χ2v) is 3.25. The van der Waals surface area contributed by atoms with Crippen LogP contribution in [0.5, 0.6) is 0 Å². The second kappa shape index (κ2) is 5.16. The van der Waals surface area contributed by atoms with Crippen LogP contribution in [-0.2, 0) is 4.74 Å². The first kappa shape index (κ1) is 12.0. The number of nitrogens with one attached hydrogen (secondary N) is 1. The quantitative estimate of drug-likeness (QED) is 0.592. The Morgan fingerprint density at radius 2 is 2.07 bits per heavy atom. The van der Waals surface area contributed by atoms with Gasteiger partial charge in [-0.1, -0.05) is 6.07 Å². The molecule has 3 N–H and O–H groups in total. The van der Waals surface area contributed by atoms with Crippen molar-refractivity contribution in [3.8, 4) is 0 Å². The molecule has 0 fully saturated rings. The highest BCUT2D eigenvalue weighted by molar-refractivity contribution is 5.22. The first-order valence-corrected chi connectivity index (χ1v) is 4.54. The normalized spacial score (nSPS) is 15.0. The van der Waals surface area contributed by atoms with Gasteiger partial charge in [-0.3, -0.25) is 11.3 Å². The SMILES string of the molecule is COC(C)C(NN)c1ccc(F)cc1F. The van der Waals surface area contributed by atoms with Crippen LogP contribution in [-0.4, -0.2) is 13.2 Å². The Bertz CT molecular complexity index is 333. The molecule has 0 heterocycles. The molecular weight excluding hydrogens is 202 g/mol. The molecule has 0 amide bonds. The minimum atomic E-state index is -0.637. The maximum Gasteiger partial charge on any atom is 0.131 e. The number of rotatable bonds is 4. The van der Waals surface area contributed by atoms with Gasteiger partial charge in [0.25, 0.3) is 0 Å². The molecule has 0 aliphatic carbocycles. The van der Waals surface area contributed by atoms with E-state index in [0.29, 0.717) is 0 Å². The van der Waals surface area contributed by atoms with E-state index in [2.05, 4.69) is 5.43 Å². The van der Waals surface area contributed by atoms with Crippen LogP contribution in [0.25, 0.3) is 0 Å². The fourth-order valence-electron chi connectivity index (χ4n) is 1.37. The maximum atomic E-state index is 13.4. The van der Waals surface area contributed by atoms with Crippen molar-refractivity contribution in [2.45, 2.75) is 19.1 Å². The Labute approximate surface area is 87.2 Å². The summed E-state index contributed by atoms with van der Waals surface area (Å²) in [7, 11) is 1.50. The number of benzene rings is 1. The van der Waals surface area contributed by atoms with Crippen LogP contribution in [0.15, 0.2) is 18.2 Å². The van der Waals surface area contributed by atoms with Gasteiger partial charge >= 0.3 is 0 Å². The van der Waals surface area contributed by atoms with Gasteiger partial charge in [0.15, 0.2) is 0 Å². The number of methoxy groups -OCH3 is 1. The maximum absolute atomic E-state index is 13.4. The highest BCUT2D eigenvalue weighted by Crippen LogP contribution is 2.21. The van der Waals surface area contributed by atoms with Crippen LogP contribution in [0.3, 0.4) is 0 Å². The Morgan fingerprint density at radius 1 is 1.40 bits per heavy atom. The molecule has 1 aromatic carbocycles. The molecule has 2 unspecified atom stereocenters. The van der Waals surface area contributed by atoms with Gasteiger partial charge in [-0.2, -0.15) is 0 Å². The lowest BCUT2D eigenvalue weighted by atomic mass is 10.0. The summed E-state index contributed by atoms with van der Waals surface area (Å²) in [5, 5.41) is 0. The summed E-state index contributed by atoms with van der Waals surface area (Å²) in [6.07, 6.45) is -0.310. The third kappa shape index (κ3) is 2.71. The predicted octanol–water partition coefficient (Wildman–Crippen LogP) is 1.50. The summed E-state index contributed by atoms with van der Waals surface area (Å²) in [6, 6.07) is 2.85. The number of nitrogens with two attached hydrogens (primary N) is 1. The van der Waals surface area contributed by atoms with Crippen LogP contribution in [0, 0.1) is 11.6 Å². The largest absolute Gasteiger partial charge is 0.380 e. The fourth-order valence-corrected chi connectivity index (χ4v) is 1.37. The van der Waals surface area contributed by atoms with E-state index in [-0.39, 0.29) is 11.7 Å². The van der Waals surface area contributed by atoms with Crippen molar-refractivity contribution in [1.82, 2.24) is 5.43 Å². The summed E-state index contributed by atoms with van der Waals surface area (Å²) >= 11 is 0. The minimum absolute atomic E-state index is 0.285. The molecule has 5 heteroatoms. The van der Waals surface area contributed by atoms with Crippen LogP contribution in [0.2, 0.25) is 0 Å². The van der Waals surface area contributed by atoms with Gasteiger partial charge in [0.2, 0.25) is 0 Å². The molecule has 0 saturated heterocycles. The topological polar surface area (TPSA) is 47.3 Å². The van der Waals surface area contributed by atoms with Crippen LogP contribution >= 0.6 is 0 Å². The van der Waals surface area contributed by atoms with E-state index < -0.39 is 17.7 Å². The molecule has 0 saturated carbocycles. The zero-order valence-corrected chi connectivity index (χ0v) is 8.63. The Morgan fingerprint density at radius 3 is 2.53 bits per heavy atom. The molecule has 1 aromatic rings. The highest BCUT2D eigenvalue weighted by atomic mass is 19.1. The van der Waals surface area contributed by atoms with Crippen molar-refractivity contribution in [2.75, 3.05) is 7.11 Å². The van der Waals surface area contributed by atoms with Crippen LogP contribution in [0.4, 0.5) is 8.78 Å². The number of hydrogen-bond donors (Lipinski definition) is 2. The monoisotopic (exact) mass is 216 g/mol. The molecule has 84 valence electrons. The van der Waals surface area contributed by atoms with Crippen molar-refractivity contribution in [3.63, 3.8) is 0 Å². The van der Waals surface area contributed by atoms with Gasteiger partial charge in [0.05, 0.1) is 12.1 Å². The zero-order valence-electron chi connectivity index (χ0n) is 8.63. The molecule has 3 nitrogen and oxygen atoms in total. The van der Waals surface area contributed by atoms with Gasteiger partial charge in [-0.05, 0) is 13.0 Å². The molecule has 0 aromatic heterocycles. The van der Waals surface area contributed by atoms with Crippen LogP contribution < -0.4 is 11.3 Å². The lowest BCUT2D eigenvalue weighted by Crippen LogP contribution is -2.36. The van der Waals surface area contributed by atoms with E-state index in [1.54, 1.807) is 6.92 Å². The van der Waals surface area contributed by atoms with Crippen molar-refractivity contribution in [1.29, 1.82) is 0 Å². The number of hydrazine groups is 1. The number of halogens is 2. The van der Waals surface area contributed by atoms with Crippen molar-refractivity contribution in [3.05, 3.63) is 35.4 Å². The number of hydrogen-bond acceptors (Lipinski definition) is 3. The molecular formula is C10H14F2N2O. The van der Waals surface area contributed by atoms with E-state index in [1.165, 1.54) is 19.2 Å². The molecule has 0 aliphatic rings. The first-order valence-electron chi connectivity index (χ1n) is 4.54. The second-order valence-electron chi connectivity index (χ2n) is 3.25.